The highest BCUT2D eigenvalue weighted by molar-refractivity contribution is 7.89. The standard InChI is InChI=1S/C28H34N8O12S/c29-49(47,48)20-3-1-19(2-4-20)5-8-32(11-21-30-6-9-33(21)13-23(37)35(15-25(39)40)16-26(41)42)12-22-31-7-10-34(22)14-24(38)36(17-27(43)44)18-28(45)46/h1-4,6-7,9-10H,5,8,11-18H2,(H,39,40)(H,41,42)(H,43,44)(H,45,46)(H2,29,47,48). The first-order valence-corrected chi connectivity index (χ1v) is 15.8. The fraction of sp³-hybridized carbons (Fsp3) is 0.357. The van der Waals surface area contributed by atoms with Gasteiger partial charge in [0.2, 0.25) is 21.8 Å². The molecule has 0 bridgehead atoms. The number of rotatable bonds is 20. The molecule has 0 aliphatic rings. The van der Waals surface area contributed by atoms with Gasteiger partial charge in [-0.2, -0.15) is 0 Å². The van der Waals surface area contributed by atoms with Crippen LogP contribution >= 0.6 is 0 Å². The van der Waals surface area contributed by atoms with E-state index >= 15 is 0 Å². The Morgan fingerprint density at radius 3 is 1.41 bits per heavy atom. The zero-order chi connectivity index (χ0) is 36.3. The number of carboxylic acids is 4. The molecule has 0 saturated carbocycles. The van der Waals surface area contributed by atoms with Gasteiger partial charge in [0.1, 0.15) is 50.9 Å². The Morgan fingerprint density at radius 2 is 1.06 bits per heavy atom. The number of aromatic nitrogens is 4. The summed E-state index contributed by atoms with van der Waals surface area (Å²) in [6.07, 6.45) is 6.06. The second kappa shape index (κ2) is 16.9. The zero-order valence-electron chi connectivity index (χ0n) is 25.9. The van der Waals surface area contributed by atoms with Crippen molar-refractivity contribution in [2.75, 3.05) is 32.7 Å². The van der Waals surface area contributed by atoms with E-state index in [4.69, 9.17) is 25.6 Å². The Bertz CT molecular complexity index is 1670. The lowest BCUT2D eigenvalue weighted by Gasteiger charge is -2.24. The molecule has 2 amide bonds. The minimum atomic E-state index is -3.91. The highest BCUT2D eigenvalue weighted by Gasteiger charge is 2.24. The molecule has 0 aliphatic carbocycles. The summed E-state index contributed by atoms with van der Waals surface area (Å²) in [5.41, 5.74) is 0.727. The molecule has 0 fully saturated rings. The van der Waals surface area contributed by atoms with Crippen molar-refractivity contribution in [1.82, 2.24) is 33.8 Å². The molecular formula is C28H34N8O12S. The van der Waals surface area contributed by atoms with Gasteiger partial charge < -0.3 is 39.4 Å². The van der Waals surface area contributed by atoms with Crippen LogP contribution in [0.3, 0.4) is 0 Å². The predicted octanol–water partition coefficient (Wildman–Crippen LogP) is -2.03. The van der Waals surface area contributed by atoms with Crippen LogP contribution in [0.2, 0.25) is 0 Å². The number of hydrogen-bond acceptors (Lipinski definition) is 11. The lowest BCUT2D eigenvalue weighted by molar-refractivity contribution is -0.150. The fourth-order valence-electron chi connectivity index (χ4n) is 4.63. The number of benzene rings is 1. The molecule has 0 unspecified atom stereocenters. The third-order valence-electron chi connectivity index (χ3n) is 6.92. The second-order valence-electron chi connectivity index (χ2n) is 10.7. The largest absolute Gasteiger partial charge is 0.480 e. The van der Waals surface area contributed by atoms with Gasteiger partial charge in [-0.25, -0.2) is 23.5 Å². The maximum Gasteiger partial charge on any atom is 0.323 e. The summed E-state index contributed by atoms with van der Waals surface area (Å²) in [5.74, 6) is -6.51. The van der Waals surface area contributed by atoms with E-state index in [-0.39, 0.29) is 24.5 Å². The molecule has 2 aromatic heterocycles. The molecule has 1 aromatic carbocycles. The molecule has 21 heteroatoms. The molecule has 264 valence electrons. The van der Waals surface area contributed by atoms with Crippen molar-refractivity contribution in [3.63, 3.8) is 0 Å². The maximum absolute atomic E-state index is 12.9. The van der Waals surface area contributed by atoms with Crippen molar-refractivity contribution >= 4 is 45.7 Å². The van der Waals surface area contributed by atoms with E-state index in [1.54, 1.807) is 12.1 Å². The molecule has 3 rings (SSSR count). The number of hydrogen-bond donors (Lipinski definition) is 5. The summed E-state index contributed by atoms with van der Waals surface area (Å²) < 4.78 is 26.1. The minimum absolute atomic E-state index is 0.0539. The number of sulfonamides is 1. The van der Waals surface area contributed by atoms with Crippen LogP contribution in [0.5, 0.6) is 0 Å². The number of imidazole rings is 2. The number of carbonyl (C=O) groups is 6. The Kier molecular flexibility index (Phi) is 13.1. The number of carbonyl (C=O) groups excluding carboxylic acids is 2. The Morgan fingerprint density at radius 1 is 0.673 bits per heavy atom. The van der Waals surface area contributed by atoms with Crippen LogP contribution in [0.1, 0.15) is 17.2 Å². The molecule has 0 saturated heterocycles. The Hall–Kier alpha value is -5.67. The summed E-state index contributed by atoms with van der Waals surface area (Å²) in [5, 5.41) is 41.7. The number of aliphatic carboxylic acids is 4. The molecular weight excluding hydrogens is 672 g/mol. The molecule has 3 aromatic rings. The van der Waals surface area contributed by atoms with E-state index in [2.05, 4.69) is 9.97 Å². The van der Waals surface area contributed by atoms with E-state index in [0.717, 1.165) is 5.56 Å². The van der Waals surface area contributed by atoms with Crippen molar-refractivity contribution < 1.29 is 57.6 Å². The Balaban J connectivity index is 1.86. The highest BCUT2D eigenvalue weighted by Crippen LogP contribution is 2.14. The van der Waals surface area contributed by atoms with Gasteiger partial charge in [-0.15, -0.1) is 0 Å². The first kappa shape index (κ1) is 37.8. The van der Waals surface area contributed by atoms with E-state index in [0.29, 0.717) is 27.9 Å². The SMILES string of the molecule is NS(=O)(=O)c1ccc(CCN(Cc2nccn2CC(=O)N(CC(=O)O)CC(=O)O)Cc2nccn2CC(=O)N(CC(=O)O)CC(=O)O)cc1. The van der Waals surface area contributed by atoms with E-state index in [1.807, 2.05) is 4.90 Å². The summed E-state index contributed by atoms with van der Waals surface area (Å²) in [4.78, 5) is 82.3. The topological polar surface area (TPSA) is 289 Å². The molecule has 6 N–H and O–H groups in total. The molecule has 0 atom stereocenters. The molecule has 20 nitrogen and oxygen atoms in total. The first-order chi connectivity index (χ1) is 23.0. The second-order valence-corrected chi connectivity index (χ2v) is 12.2. The van der Waals surface area contributed by atoms with Gasteiger partial charge in [-0.1, -0.05) is 12.1 Å². The number of nitrogens with two attached hydrogens (primary N) is 1. The van der Waals surface area contributed by atoms with Crippen molar-refractivity contribution in [3.05, 3.63) is 66.3 Å². The van der Waals surface area contributed by atoms with Gasteiger partial charge in [-0.3, -0.25) is 33.7 Å². The van der Waals surface area contributed by atoms with Gasteiger partial charge in [-0.05, 0) is 24.1 Å². The van der Waals surface area contributed by atoms with Crippen LogP contribution in [-0.4, -0.2) is 131 Å². The quantitative estimate of drug-likeness (QED) is 0.0846. The van der Waals surface area contributed by atoms with Gasteiger partial charge in [0.05, 0.1) is 18.0 Å². The summed E-state index contributed by atoms with van der Waals surface area (Å²) in [6.45, 7) is -3.78. The van der Waals surface area contributed by atoms with Gasteiger partial charge >= 0.3 is 23.9 Å². The van der Waals surface area contributed by atoms with Crippen molar-refractivity contribution in [3.8, 4) is 0 Å². The molecule has 2 heterocycles. The van der Waals surface area contributed by atoms with Crippen LogP contribution in [0.4, 0.5) is 0 Å². The molecule has 0 radical (unpaired) electrons. The van der Waals surface area contributed by atoms with Gasteiger partial charge in [0, 0.05) is 31.3 Å². The van der Waals surface area contributed by atoms with Crippen molar-refractivity contribution in [2.24, 2.45) is 5.14 Å². The van der Waals surface area contributed by atoms with E-state index in [9.17, 15) is 37.2 Å². The van der Waals surface area contributed by atoms with Crippen LogP contribution in [-0.2, 0) is 71.4 Å². The van der Waals surface area contributed by atoms with E-state index < -0.39 is 85.0 Å². The highest BCUT2D eigenvalue weighted by atomic mass is 32.2. The third-order valence-corrected chi connectivity index (χ3v) is 7.85. The normalized spacial score (nSPS) is 11.3. The fourth-order valence-corrected chi connectivity index (χ4v) is 5.14. The molecule has 0 aliphatic heterocycles. The maximum atomic E-state index is 12.9. The molecule has 0 spiro atoms. The number of nitrogens with zero attached hydrogens (tertiary/aromatic N) is 7. The van der Waals surface area contributed by atoms with Crippen LogP contribution in [0.15, 0.2) is 53.9 Å². The predicted molar refractivity (Wildman–Crippen MR) is 164 cm³/mol. The van der Waals surface area contributed by atoms with Crippen LogP contribution in [0, 0.1) is 0 Å². The lowest BCUT2D eigenvalue weighted by Crippen LogP contribution is -2.41. The average Bonchev–Trinajstić information content (AvgIpc) is 3.62. The lowest BCUT2D eigenvalue weighted by atomic mass is 10.1. The monoisotopic (exact) mass is 706 g/mol. The minimum Gasteiger partial charge on any atom is -0.480 e. The van der Waals surface area contributed by atoms with E-state index in [1.165, 1.54) is 46.1 Å². The van der Waals surface area contributed by atoms with Crippen molar-refractivity contribution in [2.45, 2.75) is 37.5 Å². The van der Waals surface area contributed by atoms with Crippen molar-refractivity contribution in [1.29, 1.82) is 0 Å². The first-order valence-electron chi connectivity index (χ1n) is 14.3. The number of primary sulfonamides is 1. The number of amides is 2. The smallest absolute Gasteiger partial charge is 0.323 e. The summed E-state index contributed by atoms with van der Waals surface area (Å²) in [6, 6.07) is 5.86. The third kappa shape index (κ3) is 12.1. The Labute approximate surface area is 278 Å². The average molecular weight is 707 g/mol. The van der Waals surface area contributed by atoms with Crippen LogP contribution in [0.25, 0.3) is 0 Å². The summed E-state index contributed by atoms with van der Waals surface area (Å²) >= 11 is 0. The van der Waals surface area contributed by atoms with Crippen LogP contribution < -0.4 is 5.14 Å². The summed E-state index contributed by atoms with van der Waals surface area (Å²) in [7, 11) is -3.91. The van der Waals surface area contributed by atoms with Gasteiger partial charge in [0.25, 0.3) is 0 Å². The molecule has 49 heavy (non-hydrogen) atoms. The zero-order valence-corrected chi connectivity index (χ0v) is 26.7. The van der Waals surface area contributed by atoms with Gasteiger partial charge in [0.15, 0.2) is 0 Å². The number of carboxylic acid groups (broad SMARTS) is 4.